The summed E-state index contributed by atoms with van der Waals surface area (Å²) in [6.07, 6.45) is 0.703. The summed E-state index contributed by atoms with van der Waals surface area (Å²) < 4.78 is 12.1. The standard InChI is InChI=1S/C13H17NO2S2/c1-14(2)13(17)18-11-7-4-3-6-10(11)12-15-8-5-9-16-12/h3-4,6-7,12H,5,8-9H2,1-2H3. The lowest BCUT2D eigenvalue weighted by Gasteiger charge is -2.25. The molecule has 1 aliphatic heterocycles. The molecule has 0 bridgehead atoms. The van der Waals surface area contributed by atoms with E-state index in [9.17, 15) is 0 Å². The lowest BCUT2D eigenvalue weighted by atomic mass is 10.2. The zero-order chi connectivity index (χ0) is 13.0. The maximum Gasteiger partial charge on any atom is 0.184 e. The van der Waals surface area contributed by atoms with E-state index in [0.717, 1.165) is 34.4 Å². The van der Waals surface area contributed by atoms with Gasteiger partial charge in [0.15, 0.2) is 6.29 Å². The zero-order valence-electron chi connectivity index (χ0n) is 10.6. The Morgan fingerprint density at radius 1 is 1.28 bits per heavy atom. The van der Waals surface area contributed by atoms with Crippen LogP contribution >= 0.6 is 24.0 Å². The van der Waals surface area contributed by atoms with Crippen LogP contribution in [0.3, 0.4) is 0 Å². The lowest BCUT2D eigenvalue weighted by Crippen LogP contribution is -2.19. The fourth-order valence-electron chi connectivity index (χ4n) is 1.62. The molecule has 1 fully saturated rings. The molecule has 5 heteroatoms. The molecule has 0 unspecified atom stereocenters. The number of hydrogen-bond donors (Lipinski definition) is 0. The Labute approximate surface area is 117 Å². The van der Waals surface area contributed by atoms with Gasteiger partial charge in [-0.2, -0.15) is 0 Å². The third-order valence-corrected chi connectivity index (χ3v) is 4.31. The second kappa shape index (κ2) is 6.52. The molecule has 0 amide bonds. The molecule has 2 rings (SSSR count). The van der Waals surface area contributed by atoms with Crippen LogP contribution in [0.15, 0.2) is 29.2 Å². The topological polar surface area (TPSA) is 21.7 Å². The van der Waals surface area contributed by atoms with Gasteiger partial charge < -0.3 is 14.4 Å². The molecule has 0 aliphatic carbocycles. The summed E-state index contributed by atoms with van der Waals surface area (Å²) in [7, 11) is 3.90. The second-order valence-corrected chi connectivity index (χ2v) is 5.90. The summed E-state index contributed by atoms with van der Waals surface area (Å²) in [6.45, 7) is 1.50. The summed E-state index contributed by atoms with van der Waals surface area (Å²) in [5.41, 5.74) is 1.06. The largest absolute Gasteiger partial charge is 0.363 e. The number of benzene rings is 1. The maximum absolute atomic E-state index is 5.65. The maximum atomic E-state index is 5.65. The van der Waals surface area contributed by atoms with Crippen LogP contribution < -0.4 is 0 Å². The molecule has 0 radical (unpaired) electrons. The van der Waals surface area contributed by atoms with Gasteiger partial charge in [0.25, 0.3) is 0 Å². The number of hydrogen-bond acceptors (Lipinski definition) is 4. The van der Waals surface area contributed by atoms with Crippen LogP contribution in [0.25, 0.3) is 0 Å². The summed E-state index contributed by atoms with van der Waals surface area (Å²) in [5.74, 6) is 0. The van der Waals surface area contributed by atoms with Gasteiger partial charge in [-0.05, 0) is 12.5 Å². The Balaban J connectivity index is 2.16. The molecule has 0 aromatic heterocycles. The average Bonchev–Trinajstić information content (AvgIpc) is 2.40. The van der Waals surface area contributed by atoms with E-state index in [1.54, 1.807) is 11.8 Å². The van der Waals surface area contributed by atoms with Crippen LogP contribution in [0, 0.1) is 0 Å². The Morgan fingerprint density at radius 2 is 1.94 bits per heavy atom. The van der Waals surface area contributed by atoms with Crippen molar-refractivity contribution in [3.05, 3.63) is 29.8 Å². The summed E-state index contributed by atoms with van der Waals surface area (Å²) in [6, 6.07) is 8.10. The van der Waals surface area contributed by atoms with Crippen molar-refractivity contribution in [2.45, 2.75) is 17.6 Å². The number of ether oxygens (including phenoxy) is 2. The highest BCUT2D eigenvalue weighted by Crippen LogP contribution is 2.32. The van der Waals surface area contributed by atoms with Crippen LogP contribution in [0.5, 0.6) is 0 Å². The van der Waals surface area contributed by atoms with E-state index in [0.29, 0.717) is 0 Å². The molecule has 1 aromatic rings. The van der Waals surface area contributed by atoms with Crippen molar-refractivity contribution in [1.29, 1.82) is 0 Å². The Hall–Kier alpha value is -0.620. The van der Waals surface area contributed by atoms with Crippen LogP contribution in [0.1, 0.15) is 18.3 Å². The summed E-state index contributed by atoms with van der Waals surface area (Å²) in [5, 5.41) is 0. The van der Waals surface area contributed by atoms with Crippen molar-refractivity contribution in [3.63, 3.8) is 0 Å². The van der Waals surface area contributed by atoms with Crippen LogP contribution in [-0.2, 0) is 9.47 Å². The smallest absolute Gasteiger partial charge is 0.184 e. The normalized spacial score (nSPS) is 16.6. The first-order valence-corrected chi connectivity index (χ1v) is 7.12. The van der Waals surface area contributed by atoms with Crippen molar-refractivity contribution >= 4 is 28.3 Å². The van der Waals surface area contributed by atoms with Crippen molar-refractivity contribution in [3.8, 4) is 0 Å². The minimum atomic E-state index is -0.257. The highest BCUT2D eigenvalue weighted by Gasteiger charge is 2.20. The monoisotopic (exact) mass is 283 g/mol. The van der Waals surface area contributed by atoms with Gasteiger partial charge in [0, 0.05) is 24.6 Å². The van der Waals surface area contributed by atoms with Crippen molar-refractivity contribution in [2.75, 3.05) is 27.3 Å². The van der Waals surface area contributed by atoms with E-state index in [2.05, 4.69) is 6.07 Å². The predicted molar refractivity (Wildman–Crippen MR) is 77.8 cm³/mol. The SMILES string of the molecule is CN(C)C(=S)Sc1ccccc1C1OCCCO1. The Morgan fingerprint density at radius 3 is 2.61 bits per heavy atom. The van der Waals surface area contributed by atoms with Crippen LogP contribution in [0.4, 0.5) is 0 Å². The first-order valence-electron chi connectivity index (χ1n) is 5.90. The van der Waals surface area contributed by atoms with E-state index in [1.807, 2.05) is 37.2 Å². The molecule has 0 saturated carbocycles. The molecule has 1 aliphatic rings. The fourth-order valence-corrected chi connectivity index (χ4v) is 2.69. The first-order chi connectivity index (χ1) is 8.68. The lowest BCUT2D eigenvalue weighted by molar-refractivity contribution is -0.184. The summed E-state index contributed by atoms with van der Waals surface area (Å²) in [4.78, 5) is 3.03. The first kappa shape index (κ1) is 13.8. The molecule has 98 valence electrons. The number of thioether (sulfide) groups is 1. The molecule has 0 spiro atoms. The molecule has 1 aromatic carbocycles. The van der Waals surface area contributed by atoms with E-state index in [1.165, 1.54) is 0 Å². The fraction of sp³-hybridized carbons (Fsp3) is 0.462. The Bertz CT molecular complexity index is 417. The molecule has 0 N–H and O–H groups in total. The summed E-state index contributed by atoms with van der Waals surface area (Å²) >= 11 is 6.90. The van der Waals surface area contributed by atoms with E-state index in [-0.39, 0.29) is 6.29 Å². The predicted octanol–water partition coefficient (Wildman–Crippen LogP) is 3.06. The van der Waals surface area contributed by atoms with Gasteiger partial charge in [-0.3, -0.25) is 0 Å². The number of nitrogens with zero attached hydrogens (tertiary/aromatic N) is 1. The molecule has 18 heavy (non-hydrogen) atoms. The van der Waals surface area contributed by atoms with Gasteiger partial charge in [-0.1, -0.05) is 42.2 Å². The van der Waals surface area contributed by atoms with Crippen molar-refractivity contribution in [1.82, 2.24) is 4.90 Å². The van der Waals surface area contributed by atoms with E-state index < -0.39 is 0 Å². The van der Waals surface area contributed by atoms with Gasteiger partial charge >= 0.3 is 0 Å². The second-order valence-electron chi connectivity index (χ2n) is 4.23. The quantitative estimate of drug-likeness (QED) is 0.612. The third kappa shape index (κ3) is 3.45. The van der Waals surface area contributed by atoms with Gasteiger partial charge in [-0.25, -0.2) is 0 Å². The third-order valence-electron chi connectivity index (χ3n) is 2.56. The average molecular weight is 283 g/mol. The molecular formula is C13H17NO2S2. The van der Waals surface area contributed by atoms with Gasteiger partial charge in [0.05, 0.1) is 13.2 Å². The number of rotatable bonds is 2. The molecule has 1 heterocycles. The Kier molecular flexibility index (Phi) is 5.00. The molecule has 1 saturated heterocycles. The molecular weight excluding hydrogens is 266 g/mol. The molecule has 3 nitrogen and oxygen atoms in total. The highest BCUT2D eigenvalue weighted by atomic mass is 32.2. The van der Waals surface area contributed by atoms with Crippen LogP contribution in [-0.4, -0.2) is 36.5 Å². The van der Waals surface area contributed by atoms with E-state index >= 15 is 0 Å². The minimum absolute atomic E-state index is 0.257. The number of thiocarbonyl (C=S) groups is 1. The zero-order valence-corrected chi connectivity index (χ0v) is 12.2. The minimum Gasteiger partial charge on any atom is -0.363 e. The van der Waals surface area contributed by atoms with Gasteiger partial charge in [0.1, 0.15) is 4.32 Å². The van der Waals surface area contributed by atoms with Crippen molar-refractivity contribution in [2.24, 2.45) is 0 Å². The highest BCUT2D eigenvalue weighted by molar-refractivity contribution is 8.23. The van der Waals surface area contributed by atoms with Gasteiger partial charge in [0.2, 0.25) is 0 Å². The molecule has 0 atom stereocenters. The van der Waals surface area contributed by atoms with E-state index in [4.69, 9.17) is 21.7 Å². The van der Waals surface area contributed by atoms with Gasteiger partial charge in [-0.15, -0.1) is 0 Å². The van der Waals surface area contributed by atoms with Crippen molar-refractivity contribution < 1.29 is 9.47 Å². The van der Waals surface area contributed by atoms with Crippen LogP contribution in [0.2, 0.25) is 0 Å².